The van der Waals surface area contributed by atoms with Crippen molar-refractivity contribution < 1.29 is 5.11 Å². The fraction of sp³-hybridized carbons (Fsp3) is 0.185. The molecule has 4 rings (SSSR count). The number of hydrogen-bond acceptors (Lipinski definition) is 8. The zero-order chi connectivity index (χ0) is 24.5. The number of aliphatic hydroxyl groups excluding tert-OH is 1. The van der Waals surface area contributed by atoms with E-state index in [0.717, 1.165) is 28.1 Å². The van der Waals surface area contributed by atoms with Gasteiger partial charge in [-0.1, -0.05) is 48.5 Å². The second-order valence-corrected chi connectivity index (χ2v) is 8.15. The van der Waals surface area contributed by atoms with Crippen LogP contribution in [0.3, 0.4) is 0 Å². The first-order valence-corrected chi connectivity index (χ1v) is 11.5. The number of rotatable bonds is 10. The lowest BCUT2D eigenvalue weighted by molar-refractivity contribution is 0.208. The summed E-state index contributed by atoms with van der Waals surface area (Å²) in [6, 6.07) is 23.7. The van der Waals surface area contributed by atoms with Gasteiger partial charge in [0.25, 0.3) is 0 Å². The minimum Gasteiger partial charge on any atom is -0.392 e. The minimum absolute atomic E-state index is 0.350. The smallest absolute Gasteiger partial charge is 0.231 e. The second kappa shape index (κ2) is 11.7. The molecule has 0 spiro atoms. The molecule has 0 fully saturated rings. The summed E-state index contributed by atoms with van der Waals surface area (Å²) in [7, 11) is 0. The molecule has 0 aliphatic carbocycles. The van der Waals surface area contributed by atoms with Crippen LogP contribution in [0.4, 0.5) is 23.3 Å². The molecule has 0 aliphatic rings. The van der Waals surface area contributed by atoms with E-state index >= 15 is 0 Å². The van der Waals surface area contributed by atoms with Crippen LogP contribution in [-0.4, -0.2) is 38.4 Å². The number of hydrazone groups is 1. The molecular weight excluding hydrogens is 438 g/mol. The zero-order valence-electron chi connectivity index (χ0n) is 19.8. The Bertz CT molecular complexity index is 1250. The van der Waals surface area contributed by atoms with Crippen molar-refractivity contribution in [3.05, 3.63) is 102 Å². The molecule has 0 saturated heterocycles. The number of nitrogens with one attached hydrogen (secondary N) is 3. The molecule has 1 atom stereocenters. The molecule has 0 radical (unpaired) electrons. The normalized spacial score (nSPS) is 12.1. The summed E-state index contributed by atoms with van der Waals surface area (Å²) in [6.45, 7) is 4.01. The SMILES string of the molecule is CC(=NNc1nc(Nc2ccccc2)nc(NCC(C)O)c1Cc1ccccc1)c1ccncc1. The summed E-state index contributed by atoms with van der Waals surface area (Å²) >= 11 is 0. The van der Waals surface area contributed by atoms with Crippen molar-refractivity contribution in [3.8, 4) is 0 Å². The summed E-state index contributed by atoms with van der Waals surface area (Å²) in [4.78, 5) is 13.6. The maximum atomic E-state index is 9.91. The standard InChI is InChI=1S/C27H29N7O/c1-19(35)18-29-25-24(17-21-9-5-3-6-10-21)26(34-33-20(2)22-13-15-28-16-14-22)32-27(31-25)30-23-11-7-4-8-12-23/h3-16,19,35H,17-18H2,1-2H3,(H3,29,30,31,32,34). The Hall–Kier alpha value is -4.30. The Morgan fingerprint density at radius 3 is 2.26 bits per heavy atom. The van der Waals surface area contributed by atoms with Crippen molar-refractivity contribution in [2.75, 3.05) is 22.6 Å². The van der Waals surface area contributed by atoms with Crippen LogP contribution in [0.25, 0.3) is 0 Å². The predicted octanol–water partition coefficient (Wildman–Crippen LogP) is 4.83. The molecule has 0 bridgehead atoms. The molecular formula is C27H29N7O. The molecule has 4 aromatic rings. The van der Waals surface area contributed by atoms with Gasteiger partial charge in [-0.25, -0.2) is 0 Å². The van der Waals surface area contributed by atoms with Gasteiger partial charge in [0, 0.05) is 42.2 Å². The van der Waals surface area contributed by atoms with E-state index in [1.54, 1.807) is 19.3 Å². The van der Waals surface area contributed by atoms with Gasteiger partial charge in [-0.3, -0.25) is 10.4 Å². The number of benzene rings is 2. The number of pyridine rings is 1. The van der Waals surface area contributed by atoms with Gasteiger partial charge in [0.15, 0.2) is 5.82 Å². The average molecular weight is 468 g/mol. The third kappa shape index (κ3) is 6.84. The van der Waals surface area contributed by atoms with E-state index < -0.39 is 6.10 Å². The maximum absolute atomic E-state index is 9.91. The molecule has 8 heteroatoms. The average Bonchev–Trinajstić information content (AvgIpc) is 2.89. The molecule has 0 amide bonds. The zero-order valence-corrected chi connectivity index (χ0v) is 19.8. The van der Waals surface area contributed by atoms with Crippen LogP contribution in [0.15, 0.2) is 90.3 Å². The fourth-order valence-electron chi connectivity index (χ4n) is 3.44. The van der Waals surface area contributed by atoms with Crippen LogP contribution in [0.2, 0.25) is 0 Å². The third-order valence-corrected chi connectivity index (χ3v) is 5.25. The summed E-state index contributed by atoms with van der Waals surface area (Å²) < 4.78 is 0. The monoisotopic (exact) mass is 467 g/mol. The van der Waals surface area contributed by atoms with E-state index in [-0.39, 0.29) is 0 Å². The first-order valence-electron chi connectivity index (χ1n) is 11.5. The Labute approximate surface area is 205 Å². The van der Waals surface area contributed by atoms with Crippen LogP contribution in [0, 0.1) is 0 Å². The van der Waals surface area contributed by atoms with Crippen molar-refractivity contribution in [2.24, 2.45) is 5.10 Å². The number of para-hydroxylation sites is 1. The molecule has 0 aliphatic heterocycles. The van der Waals surface area contributed by atoms with E-state index in [9.17, 15) is 5.11 Å². The largest absolute Gasteiger partial charge is 0.392 e. The van der Waals surface area contributed by atoms with Crippen LogP contribution in [0.5, 0.6) is 0 Å². The Kier molecular flexibility index (Phi) is 7.98. The van der Waals surface area contributed by atoms with Crippen LogP contribution in [0.1, 0.15) is 30.5 Å². The van der Waals surface area contributed by atoms with E-state index in [1.165, 1.54) is 0 Å². The highest BCUT2D eigenvalue weighted by atomic mass is 16.3. The van der Waals surface area contributed by atoms with Gasteiger partial charge in [0.05, 0.1) is 11.8 Å². The maximum Gasteiger partial charge on any atom is 0.231 e. The molecule has 2 aromatic heterocycles. The summed E-state index contributed by atoms with van der Waals surface area (Å²) in [5.74, 6) is 1.62. The van der Waals surface area contributed by atoms with E-state index in [0.29, 0.717) is 30.5 Å². The quantitative estimate of drug-likeness (QED) is 0.195. The van der Waals surface area contributed by atoms with Gasteiger partial charge in [0.1, 0.15) is 5.82 Å². The van der Waals surface area contributed by atoms with Crippen LogP contribution < -0.4 is 16.1 Å². The van der Waals surface area contributed by atoms with Gasteiger partial charge in [0.2, 0.25) is 5.95 Å². The summed E-state index contributed by atoms with van der Waals surface area (Å²) in [5, 5.41) is 21.0. The van der Waals surface area contributed by atoms with Crippen LogP contribution >= 0.6 is 0 Å². The molecule has 2 heterocycles. The lowest BCUT2D eigenvalue weighted by Gasteiger charge is -2.18. The first-order chi connectivity index (χ1) is 17.1. The highest BCUT2D eigenvalue weighted by molar-refractivity contribution is 5.98. The molecule has 2 aromatic carbocycles. The van der Waals surface area contributed by atoms with Crippen molar-refractivity contribution in [1.82, 2.24) is 15.0 Å². The van der Waals surface area contributed by atoms with Gasteiger partial charge >= 0.3 is 0 Å². The highest BCUT2D eigenvalue weighted by Crippen LogP contribution is 2.28. The molecule has 178 valence electrons. The lowest BCUT2D eigenvalue weighted by Crippen LogP contribution is -2.19. The van der Waals surface area contributed by atoms with Crippen LogP contribution in [-0.2, 0) is 6.42 Å². The number of aliphatic hydroxyl groups is 1. The van der Waals surface area contributed by atoms with Crippen molar-refractivity contribution in [3.63, 3.8) is 0 Å². The molecule has 1 unspecified atom stereocenters. The molecule has 8 nitrogen and oxygen atoms in total. The highest BCUT2D eigenvalue weighted by Gasteiger charge is 2.16. The first kappa shape index (κ1) is 23.8. The number of aromatic nitrogens is 3. The number of anilines is 4. The van der Waals surface area contributed by atoms with Gasteiger partial charge < -0.3 is 15.7 Å². The van der Waals surface area contributed by atoms with Crippen molar-refractivity contribution in [1.29, 1.82) is 0 Å². The van der Waals surface area contributed by atoms with Gasteiger partial charge in [-0.05, 0) is 43.7 Å². The minimum atomic E-state index is -0.538. The number of nitrogens with zero attached hydrogens (tertiary/aromatic N) is 4. The summed E-state index contributed by atoms with van der Waals surface area (Å²) in [5.41, 5.74) is 7.74. The summed E-state index contributed by atoms with van der Waals surface area (Å²) in [6.07, 6.45) is 3.52. The molecule has 0 saturated carbocycles. The van der Waals surface area contributed by atoms with E-state index in [4.69, 9.17) is 9.97 Å². The van der Waals surface area contributed by atoms with Gasteiger partial charge in [-0.2, -0.15) is 15.1 Å². The second-order valence-electron chi connectivity index (χ2n) is 8.15. The van der Waals surface area contributed by atoms with E-state index in [2.05, 4.69) is 38.3 Å². The third-order valence-electron chi connectivity index (χ3n) is 5.25. The fourth-order valence-corrected chi connectivity index (χ4v) is 3.44. The number of hydrogen-bond donors (Lipinski definition) is 4. The molecule has 4 N–H and O–H groups in total. The van der Waals surface area contributed by atoms with Gasteiger partial charge in [-0.15, -0.1) is 0 Å². The van der Waals surface area contributed by atoms with Crippen molar-refractivity contribution in [2.45, 2.75) is 26.4 Å². The molecule has 35 heavy (non-hydrogen) atoms. The lowest BCUT2D eigenvalue weighted by atomic mass is 10.1. The van der Waals surface area contributed by atoms with E-state index in [1.807, 2.05) is 67.6 Å². The topological polar surface area (TPSA) is 107 Å². The predicted molar refractivity (Wildman–Crippen MR) is 141 cm³/mol. The Morgan fingerprint density at radius 2 is 1.57 bits per heavy atom. The Morgan fingerprint density at radius 1 is 0.914 bits per heavy atom. The Balaban J connectivity index is 1.75. The van der Waals surface area contributed by atoms with Crippen molar-refractivity contribution >= 4 is 29.0 Å².